The number of amides is 1. The Morgan fingerprint density at radius 1 is 1.42 bits per heavy atom. The summed E-state index contributed by atoms with van der Waals surface area (Å²) in [5.74, 6) is 0.311. The van der Waals surface area contributed by atoms with Gasteiger partial charge in [-0.1, -0.05) is 0 Å². The summed E-state index contributed by atoms with van der Waals surface area (Å²) < 4.78 is 5.18. The molecule has 100 valence electrons. The summed E-state index contributed by atoms with van der Waals surface area (Å²) in [6, 6.07) is 6.96. The van der Waals surface area contributed by atoms with Crippen molar-refractivity contribution in [1.29, 1.82) is 0 Å². The lowest BCUT2D eigenvalue weighted by Gasteiger charge is -2.14. The first-order valence-electron chi connectivity index (χ1n) is 5.88. The second-order valence-electron chi connectivity index (χ2n) is 4.21. The number of carbonyl (C=O) groups excluding carboxylic acids is 1. The molecule has 1 aromatic heterocycles. The van der Waals surface area contributed by atoms with Crippen LogP contribution in [0.4, 0.5) is 5.69 Å². The van der Waals surface area contributed by atoms with E-state index in [-0.39, 0.29) is 11.9 Å². The number of methoxy groups -OCH3 is 1. The topological polar surface area (TPSA) is 64.3 Å². The van der Waals surface area contributed by atoms with Crippen molar-refractivity contribution in [1.82, 2.24) is 5.32 Å². The van der Waals surface area contributed by atoms with Crippen molar-refractivity contribution in [3.63, 3.8) is 0 Å². The van der Waals surface area contributed by atoms with Crippen LogP contribution in [0.5, 0.6) is 5.75 Å². The number of nitrogens with one attached hydrogen (secondary N) is 1. The zero-order valence-corrected chi connectivity index (χ0v) is 11.7. The fourth-order valence-electron chi connectivity index (χ4n) is 1.77. The van der Waals surface area contributed by atoms with Crippen molar-refractivity contribution in [2.45, 2.75) is 13.0 Å². The fraction of sp³-hybridized carbons (Fsp3) is 0.214. The van der Waals surface area contributed by atoms with E-state index in [4.69, 9.17) is 10.5 Å². The van der Waals surface area contributed by atoms with Crippen LogP contribution in [-0.4, -0.2) is 13.0 Å². The maximum Gasteiger partial charge on any atom is 0.255 e. The molecule has 0 aliphatic carbocycles. The third-order valence-corrected chi connectivity index (χ3v) is 3.56. The lowest BCUT2D eigenvalue weighted by atomic mass is 10.1. The second-order valence-corrected chi connectivity index (χ2v) is 4.99. The molecule has 0 aliphatic heterocycles. The van der Waals surface area contributed by atoms with Crippen LogP contribution in [0.25, 0.3) is 0 Å². The second kappa shape index (κ2) is 5.75. The molecule has 0 saturated heterocycles. The fourth-order valence-corrected chi connectivity index (χ4v) is 2.53. The van der Waals surface area contributed by atoms with Gasteiger partial charge in [-0.15, -0.1) is 0 Å². The van der Waals surface area contributed by atoms with Crippen LogP contribution in [0.2, 0.25) is 0 Å². The van der Waals surface area contributed by atoms with Gasteiger partial charge in [-0.05, 0) is 41.4 Å². The average molecular weight is 276 g/mol. The van der Waals surface area contributed by atoms with Crippen LogP contribution >= 0.6 is 11.3 Å². The molecular formula is C14H16N2O2S. The number of anilines is 1. The van der Waals surface area contributed by atoms with Gasteiger partial charge in [0.25, 0.3) is 5.91 Å². The molecule has 0 fully saturated rings. The van der Waals surface area contributed by atoms with E-state index < -0.39 is 0 Å². The molecule has 1 unspecified atom stereocenters. The Balaban J connectivity index is 2.16. The molecule has 4 nitrogen and oxygen atoms in total. The Hall–Kier alpha value is -2.01. The highest BCUT2D eigenvalue weighted by Gasteiger charge is 2.15. The van der Waals surface area contributed by atoms with Crippen LogP contribution < -0.4 is 15.8 Å². The van der Waals surface area contributed by atoms with E-state index in [0.29, 0.717) is 17.0 Å². The standard InChI is InChI=1S/C14H16N2O2S/c1-9(10-5-6-19-8-10)16-14(17)12-4-3-11(15)7-13(12)18-2/h3-9H,15H2,1-2H3,(H,16,17). The van der Waals surface area contributed by atoms with Gasteiger partial charge in [0.15, 0.2) is 0 Å². The number of nitrogens with two attached hydrogens (primary N) is 1. The molecule has 19 heavy (non-hydrogen) atoms. The summed E-state index contributed by atoms with van der Waals surface area (Å²) in [4.78, 5) is 12.2. The molecule has 2 aromatic rings. The van der Waals surface area contributed by atoms with Gasteiger partial charge in [0.1, 0.15) is 5.75 Å². The molecule has 0 bridgehead atoms. The van der Waals surface area contributed by atoms with Gasteiger partial charge in [-0.3, -0.25) is 4.79 Å². The average Bonchev–Trinajstić information content (AvgIpc) is 2.92. The molecule has 3 N–H and O–H groups in total. The Bertz CT molecular complexity index is 567. The summed E-state index contributed by atoms with van der Waals surface area (Å²) in [5.41, 5.74) is 7.82. The number of carbonyl (C=O) groups is 1. The van der Waals surface area contributed by atoms with E-state index >= 15 is 0 Å². The summed E-state index contributed by atoms with van der Waals surface area (Å²) in [6.07, 6.45) is 0. The molecule has 1 aromatic carbocycles. The van der Waals surface area contributed by atoms with Crippen molar-refractivity contribution < 1.29 is 9.53 Å². The Labute approximate surface area is 116 Å². The number of nitrogen functional groups attached to an aromatic ring is 1. The summed E-state index contributed by atoms with van der Waals surface area (Å²) in [5, 5.41) is 6.95. The molecule has 0 aliphatic rings. The number of rotatable bonds is 4. The van der Waals surface area contributed by atoms with Gasteiger partial charge < -0.3 is 15.8 Å². The summed E-state index contributed by atoms with van der Waals surface area (Å²) in [7, 11) is 1.52. The third-order valence-electron chi connectivity index (χ3n) is 2.86. The van der Waals surface area contributed by atoms with Crippen molar-refractivity contribution >= 4 is 22.9 Å². The van der Waals surface area contributed by atoms with Crippen molar-refractivity contribution in [3.8, 4) is 5.75 Å². The lowest BCUT2D eigenvalue weighted by Crippen LogP contribution is -2.26. The van der Waals surface area contributed by atoms with Gasteiger partial charge in [-0.25, -0.2) is 0 Å². The minimum Gasteiger partial charge on any atom is -0.496 e. The maximum atomic E-state index is 12.2. The molecule has 0 radical (unpaired) electrons. The highest BCUT2D eigenvalue weighted by Crippen LogP contribution is 2.23. The molecule has 5 heteroatoms. The van der Waals surface area contributed by atoms with E-state index in [1.165, 1.54) is 7.11 Å². The van der Waals surface area contributed by atoms with Crippen LogP contribution in [-0.2, 0) is 0 Å². The SMILES string of the molecule is COc1cc(N)ccc1C(=O)NC(C)c1ccsc1. The predicted molar refractivity (Wildman–Crippen MR) is 77.6 cm³/mol. The highest BCUT2D eigenvalue weighted by atomic mass is 32.1. The van der Waals surface area contributed by atoms with Gasteiger partial charge in [0.05, 0.1) is 18.7 Å². The zero-order valence-electron chi connectivity index (χ0n) is 10.8. The number of ether oxygens (including phenoxy) is 1. The highest BCUT2D eigenvalue weighted by molar-refractivity contribution is 7.07. The van der Waals surface area contributed by atoms with Crippen LogP contribution in [0.15, 0.2) is 35.0 Å². The Morgan fingerprint density at radius 2 is 2.21 bits per heavy atom. The first kappa shape index (κ1) is 13.4. The Kier molecular flexibility index (Phi) is 4.06. The van der Waals surface area contributed by atoms with E-state index in [2.05, 4.69) is 5.32 Å². The summed E-state index contributed by atoms with van der Waals surface area (Å²) >= 11 is 1.61. The van der Waals surface area contributed by atoms with Crippen LogP contribution in [0.3, 0.4) is 0 Å². The molecule has 1 amide bonds. The number of hydrogen-bond acceptors (Lipinski definition) is 4. The number of benzene rings is 1. The summed E-state index contributed by atoms with van der Waals surface area (Å²) in [6.45, 7) is 1.95. The minimum atomic E-state index is -0.171. The maximum absolute atomic E-state index is 12.2. The first-order valence-corrected chi connectivity index (χ1v) is 6.82. The van der Waals surface area contributed by atoms with E-state index in [9.17, 15) is 4.79 Å². The van der Waals surface area contributed by atoms with Gasteiger partial charge in [0.2, 0.25) is 0 Å². The molecule has 2 rings (SSSR count). The minimum absolute atomic E-state index is 0.0407. The van der Waals surface area contributed by atoms with E-state index in [0.717, 1.165) is 5.56 Å². The normalized spacial score (nSPS) is 11.9. The van der Waals surface area contributed by atoms with Crippen molar-refractivity contribution in [3.05, 3.63) is 46.2 Å². The van der Waals surface area contributed by atoms with Gasteiger partial charge >= 0.3 is 0 Å². The quantitative estimate of drug-likeness (QED) is 0.844. The third kappa shape index (κ3) is 3.06. The molecule has 0 saturated carbocycles. The van der Waals surface area contributed by atoms with Crippen molar-refractivity contribution in [2.75, 3.05) is 12.8 Å². The smallest absolute Gasteiger partial charge is 0.255 e. The number of hydrogen-bond donors (Lipinski definition) is 2. The van der Waals surface area contributed by atoms with Gasteiger partial charge in [0, 0.05) is 11.8 Å². The van der Waals surface area contributed by atoms with E-state index in [1.807, 2.05) is 23.8 Å². The molecule has 1 atom stereocenters. The number of thiophene rings is 1. The van der Waals surface area contributed by atoms with E-state index in [1.54, 1.807) is 29.5 Å². The largest absolute Gasteiger partial charge is 0.496 e. The molecular weight excluding hydrogens is 260 g/mol. The predicted octanol–water partition coefficient (Wildman–Crippen LogP) is 2.83. The lowest BCUT2D eigenvalue weighted by molar-refractivity contribution is 0.0937. The monoisotopic (exact) mass is 276 g/mol. The zero-order chi connectivity index (χ0) is 13.8. The molecule has 1 heterocycles. The van der Waals surface area contributed by atoms with Crippen LogP contribution in [0, 0.1) is 0 Å². The van der Waals surface area contributed by atoms with Crippen LogP contribution in [0.1, 0.15) is 28.9 Å². The first-order chi connectivity index (χ1) is 9.11. The van der Waals surface area contributed by atoms with Crippen molar-refractivity contribution in [2.24, 2.45) is 0 Å². The Morgan fingerprint density at radius 3 is 2.84 bits per heavy atom. The molecule has 0 spiro atoms. The van der Waals surface area contributed by atoms with Gasteiger partial charge in [-0.2, -0.15) is 11.3 Å².